The second-order valence-electron chi connectivity index (χ2n) is 4.65. The van der Waals surface area contributed by atoms with E-state index in [0.29, 0.717) is 12.0 Å². The summed E-state index contributed by atoms with van der Waals surface area (Å²) in [4.78, 5) is 22.1. The first-order chi connectivity index (χ1) is 9.43. The Kier molecular flexibility index (Phi) is 3.80. The van der Waals surface area contributed by atoms with Crippen molar-refractivity contribution in [1.29, 1.82) is 0 Å². The minimum absolute atomic E-state index is 0.0616. The molecule has 7 nitrogen and oxygen atoms in total. The van der Waals surface area contributed by atoms with Crippen molar-refractivity contribution in [2.24, 2.45) is 5.92 Å². The number of rotatable bonds is 4. The van der Waals surface area contributed by atoms with Crippen LogP contribution in [0.25, 0.3) is 0 Å². The summed E-state index contributed by atoms with van der Waals surface area (Å²) in [7, 11) is 1.31. The van der Waals surface area contributed by atoms with Crippen LogP contribution in [0.1, 0.15) is 28.4 Å². The van der Waals surface area contributed by atoms with Gasteiger partial charge in [0.15, 0.2) is 0 Å². The van der Waals surface area contributed by atoms with Gasteiger partial charge >= 0.3 is 11.9 Å². The fourth-order valence-corrected chi connectivity index (χ4v) is 2.36. The van der Waals surface area contributed by atoms with E-state index in [0.717, 1.165) is 0 Å². The Morgan fingerprint density at radius 1 is 1.35 bits per heavy atom. The number of phenols is 1. The van der Waals surface area contributed by atoms with Crippen LogP contribution in [0.3, 0.4) is 0 Å². The summed E-state index contributed by atoms with van der Waals surface area (Å²) in [5.74, 6) is -2.68. The largest absolute Gasteiger partial charge is 0.507 e. The molecule has 1 fully saturated rings. The van der Waals surface area contributed by atoms with Crippen LogP contribution in [-0.2, 0) is 4.79 Å². The summed E-state index contributed by atoms with van der Waals surface area (Å²) in [5, 5.41) is 31.0. The number of carbonyl (C=O) groups is 2. The first-order valence-corrected chi connectivity index (χ1v) is 6.04. The number of hydrogen-bond acceptors (Lipinski definition) is 5. The van der Waals surface area contributed by atoms with Gasteiger partial charge in [-0.15, -0.1) is 0 Å². The van der Waals surface area contributed by atoms with Crippen molar-refractivity contribution >= 4 is 11.9 Å². The number of methoxy groups -OCH3 is 1. The molecule has 7 heteroatoms. The number of carboxylic acids is 2. The van der Waals surface area contributed by atoms with E-state index in [1.165, 1.54) is 19.2 Å². The van der Waals surface area contributed by atoms with Gasteiger partial charge in [-0.25, -0.2) is 4.79 Å². The number of aromatic hydroxyl groups is 1. The van der Waals surface area contributed by atoms with Crippen LogP contribution in [0.4, 0.5) is 0 Å². The number of hydrogen-bond donors (Lipinski definition) is 4. The molecule has 0 bridgehead atoms. The lowest BCUT2D eigenvalue weighted by molar-refractivity contribution is -0.141. The number of nitrogens with one attached hydrogen (secondary N) is 1. The Balaban J connectivity index is 2.35. The van der Waals surface area contributed by atoms with Crippen molar-refractivity contribution in [3.05, 3.63) is 23.3 Å². The number of phenolic OH excluding ortho intramolecular Hbond substituents is 1. The maximum atomic E-state index is 11.2. The monoisotopic (exact) mass is 281 g/mol. The lowest BCUT2D eigenvalue weighted by Gasteiger charge is -2.15. The molecule has 1 aromatic rings. The van der Waals surface area contributed by atoms with Crippen molar-refractivity contribution in [3.63, 3.8) is 0 Å². The van der Waals surface area contributed by atoms with E-state index in [2.05, 4.69) is 5.32 Å². The molecule has 108 valence electrons. The van der Waals surface area contributed by atoms with Crippen LogP contribution in [-0.4, -0.2) is 40.9 Å². The first-order valence-electron chi connectivity index (χ1n) is 6.04. The van der Waals surface area contributed by atoms with Crippen LogP contribution in [0.5, 0.6) is 11.5 Å². The zero-order valence-corrected chi connectivity index (χ0v) is 10.8. The summed E-state index contributed by atoms with van der Waals surface area (Å²) < 4.78 is 4.91. The van der Waals surface area contributed by atoms with Gasteiger partial charge in [0.1, 0.15) is 17.1 Å². The van der Waals surface area contributed by atoms with Gasteiger partial charge in [-0.05, 0) is 12.5 Å². The summed E-state index contributed by atoms with van der Waals surface area (Å²) in [6, 6.07) is 2.16. The number of aromatic carboxylic acids is 1. The topological polar surface area (TPSA) is 116 Å². The van der Waals surface area contributed by atoms with E-state index in [-0.39, 0.29) is 29.6 Å². The summed E-state index contributed by atoms with van der Waals surface area (Å²) in [6.45, 7) is 0.286. The van der Waals surface area contributed by atoms with Crippen LogP contribution < -0.4 is 10.1 Å². The third kappa shape index (κ3) is 2.53. The minimum Gasteiger partial charge on any atom is -0.507 e. The second-order valence-corrected chi connectivity index (χ2v) is 4.65. The molecule has 0 amide bonds. The molecule has 4 N–H and O–H groups in total. The highest BCUT2D eigenvalue weighted by Crippen LogP contribution is 2.36. The van der Waals surface area contributed by atoms with Gasteiger partial charge in [-0.1, -0.05) is 0 Å². The molecule has 0 radical (unpaired) electrons. The van der Waals surface area contributed by atoms with Crippen LogP contribution in [0.2, 0.25) is 0 Å². The van der Waals surface area contributed by atoms with Crippen molar-refractivity contribution in [3.8, 4) is 11.5 Å². The van der Waals surface area contributed by atoms with Gasteiger partial charge in [0.25, 0.3) is 0 Å². The van der Waals surface area contributed by atoms with E-state index in [1.807, 2.05) is 0 Å². The van der Waals surface area contributed by atoms with Gasteiger partial charge in [-0.3, -0.25) is 4.79 Å². The van der Waals surface area contributed by atoms with Crippen molar-refractivity contribution in [2.45, 2.75) is 12.5 Å². The fourth-order valence-electron chi connectivity index (χ4n) is 2.36. The molecule has 1 aliphatic rings. The van der Waals surface area contributed by atoms with Gasteiger partial charge in [0.05, 0.1) is 13.0 Å². The maximum absolute atomic E-state index is 11.2. The third-order valence-electron chi connectivity index (χ3n) is 3.43. The molecular formula is C13H15NO6. The molecule has 0 saturated carbocycles. The van der Waals surface area contributed by atoms with E-state index >= 15 is 0 Å². The van der Waals surface area contributed by atoms with Crippen molar-refractivity contribution in [1.82, 2.24) is 5.32 Å². The van der Waals surface area contributed by atoms with E-state index in [9.17, 15) is 14.7 Å². The smallest absolute Gasteiger partial charge is 0.339 e. The van der Waals surface area contributed by atoms with E-state index in [4.69, 9.17) is 14.9 Å². The highest BCUT2D eigenvalue weighted by Gasteiger charge is 2.32. The molecule has 1 heterocycles. The fraction of sp³-hybridized carbons (Fsp3) is 0.385. The predicted octanol–water partition coefficient (Wildman–Crippen LogP) is 0.834. The average molecular weight is 281 g/mol. The van der Waals surface area contributed by atoms with Gasteiger partial charge in [0.2, 0.25) is 0 Å². The van der Waals surface area contributed by atoms with E-state index < -0.39 is 17.9 Å². The number of carboxylic acid groups (broad SMARTS) is 2. The highest BCUT2D eigenvalue weighted by molar-refractivity contribution is 5.91. The SMILES string of the molecule is COc1cc(O)c(C2CC(C(=O)O)CN2)cc1C(=O)O. The lowest BCUT2D eigenvalue weighted by atomic mass is 9.97. The van der Waals surface area contributed by atoms with Crippen LogP contribution in [0, 0.1) is 5.92 Å². The third-order valence-corrected chi connectivity index (χ3v) is 3.43. The van der Waals surface area contributed by atoms with Gasteiger partial charge in [0, 0.05) is 24.2 Å². The molecule has 0 aliphatic carbocycles. The molecule has 1 aromatic carbocycles. The number of aliphatic carboxylic acids is 1. The quantitative estimate of drug-likeness (QED) is 0.646. The standard InChI is InChI=1S/C13H15NO6/c1-20-11-4-10(15)7(3-8(11)13(18)19)9-2-6(5-14-9)12(16)17/h3-4,6,9,14-15H,2,5H2,1H3,(H,16,17)(H,18,19). The number of ether oxygens (including phenoxy) is 1. The molecule has 1 saturated heterocycles. The summed E-state index contributed by atoms with van der Waals surface area (Å²) >= 11 is 0. The average Bonchev–Trinajstić information content (AvgIpc) is 2.87. The van der Waals surface area contributed by atoms with Gasteiger partial charge < -0.3 is 25.4 Å². The Morgan fingerprint density at radius 3 is 2.55 bits per heavy atom. The minimum atomic E-state index is -1.17. The Hall–Kier alpha value is -2.28. The van der Waals surface area contributed by atoms with E-state index in [1.54, 1.807) is 0 Å². The maximum Gasteiger partial charge on any atom is 0.339 e. The lowest BCUT2D eigenvalue weighted by Crippen LogP contribution is -2.17. The zero-order chi connectivity index (χ0) is 14.9. The Labute approximate surface area is 114 Å². The predicted molar refractivity (Wildman–Crippen MR) is 68.1 cm³/mol. The van der Waals surface area contributed by atoms with Crippen molar-refractivity contribution in [2.75, 3.05) is 13.7 Å². The Morgan fingerprint density at radius 2 is 2.05 bits per heavy atom. The second kappa shape index (κ2) is 5.38. The van der Waals surface area contributed by atoms with Crippen LogP contribution >= 0.6 is 0 Å². The summed E-state index contributed by atoms with van der Waals surface area (Å²) in [6.07, 6.45) is 0.300. The van der Waals surface area contributed by atoms with Crippen LogP contribution in [0.15, 0.2) is 12.1 Å². The van der Waals surface area contributed by atoms with Crippen molar-refractivity contribution < 1.29 is 29.6 Å². The summed E-state index contributed by atoms with van der Waals surface area (Å²) in [5.41, 5.74) is 0.299. The molecule has 2 rings (SSSR count). The molecule has 1 aliphatic heterocycles. The normalized spacial score (nSPS) is 21.6. The molecule has 2 unspecified atom stereocenters. The Bertz CT molecular complexity index is 556. The molecule has 2 atom stereocenters. The molecule has 0 aromatic heterocycles. The zero-order valence-electron chi connectivity index (χ0n) is 10.8. The highest BCUT2D eigenvalue weighted by atomic mass is 16.5. The molecule has 0 spiro atoms. The first kappa shape index (κ1) is 14.1. The molecular weight excluding hydrogens is 266 g/mol. The number of benzene rings is 1. The molecule has 20 heavy (non-hydrogen) atoms. The van der Waals surface area contributed by atoms with Gasteiger partial charge in [-0.2, -0.15) is 0 Å².